The molecule has 0 aliphatic heterocycles. The van der Waals surface area contributed by atoms with Crippen LogP contribution < -0.4 is 10.0 Å². The first-order valence-electron chi connectivity index (χ1n) is 7.16. The molecule has 8 heteroatoms. The predicted molar refractivity (Wildman–Crippen MR) is 90.9 cm³/mol. The third-order valence-corrected chi connectivity index (χ3v) is 5.00. The number of anilines is 1. The fraction of sp³-hybridized carbons (Fsp3) is 0.188. The number of nitrogens with one attached hydrogen (secondary N) is 2. The maximum atomic E-state index is 12.9. The van der Waals surface area contributed by atoms with Crippen molar-refractivity contribution in [3.05, 3.63) is 59.4 Å². The van der Waals surface area contributed by atoms with Crippen molar-refractivity contribution in [2.45, 2.75) is 24.3 Å². The third kappa shape index (κ3) is 4.77. The van der Waals surface area contributed by atoms with Crippen molar-refractivity contribution in [1.29, 1.82) is 0 Å². The molecule has 0 aromatic heterocycles. The molecular weight excluding hydrogens is 355 g/mol. The molecule has 128 valence electrons. The molecule has 0 aliphatic carbocycles. The van der Waals surface area contributed by atoms with Gasteiger partial charge in [-0.25, -0.2) is 12.8 Å². The van der Waals surface area contributed by atoms with Gasteiger partial charge in [-0.1, -0.05) is 18.5 Å². The van der Waals surface area contributed by atoms with Crippen LogP contribution >= 0.6 is 11.6 Å². The van der Waals surface area contributed by atoms with E-state index < -0.39 is 27.8 Å². The summed E-state index contributed by atoms with van der Waals surface area (Å²) in [5.74, 6) is -1.04. The van der Waals surface area contributed by atoms with E-state index in [-0.39, 0.29) is 11.3 Å². The highest BCUT2D eigenvalue weighted by molar-refractivity contribution is 7.89. The molecule has 0 saturated carbocycles. The molecule has 0 heterocycles. The summed E-state index contributed by atoms with van der Waals surface area (Å²) < 4.78 is 39.8. The zero-order chi connectivity index (χ0) is 17.7. The van der Waals surface area contributed by atoms with Gasteiger partial charge in [-0.05, 0) is 55.0 Å². The van der Waals surface area contributed by atoms with Gasteiger partial charge >= 0.3 is 0 Å². The van der Waals surface area contributed by atoms with Gasteiger partial charge in [0.05, 0.1) is 4.90 Å². The molecule has 1 amide bonds. The molecule has 0 saturated heterocycles. The Bertz CT molecular complexity index is 808. The minimum Gasteiger partial charge on any atom is -0.325 e. The van der Waals surface area contributed by atoms with Crippen molar-refractivity contribution in [1.82, 2.24) is 4.72 Å². The van der Waals surface area contributed by atoms with Crippen molar-refractivity contribution in [3.8, 4) is 0 Å². The number of rotatable bonds is 6. The van der Waals surface area contributed by atoms with Crippen LogP contribution in [0.1, 0.15) is 13.3 Å². The van der Waals surface area contributed by atoms with E-state index >= 15 is 0 Å². The van der Waals surface area contributed by atoms with Crippen LogP contribution in [-0.2, 0) is 14.8 Å². The van der Waals surface area contributed by atoms with Gasteiger partial charge in [0, 0.05) is 10.7 Å². The highest BCUT2D eigenvalue weighted by atomic mass is 35.5. The fourth-order valence-corrected chi connectivity index (χ4v) is 3.36. The maximum absolute atomic E-state index is 12.9. The second-order valence-corrected chi connectivity index (χ2v) is 7.18. The number of benzene rings is 2. The standard InChI is InChI=1S/C16H16ClFN2O3S/c1-2-15(16(21)19-13-7-3-11(17)4-8-13)20-24(22,23)14-9-5-12(18)6-10-14/h3-10,15,20H,2H2,1H3,(H,19,21). The monoisotopic (exact) mass is 370 g/mol. The largest absolute Gasteiger partial charge is 0.325 e. The lowest BCUT2D eigenvalue weighted by Crippen LogP contribution is -2.43. The molecule has 1 unspecified atom stereocenters. The van der Waals surface area contributed by atoms with Crippen LogP contribution in [0.3, 0.4) is 0 Å². The first-order valence-corrected chi connectivity index (χ1v) is 9.02. The van der Waals surface area contributed by atoms with Crippen LogP contribution in [-0.4, -0.2) is 20.4 Å². The average Bonchev–Trinajstić information content (AvgIpc) is 2.55. The molecule has 0 fully saturated rings. The second-order valence-electron chi connectivity index (χ2n) is 5.03. The van der Waals surface area contributed by atoms with Crippen LogP contribution in [0.4, 0.5) is 10.1 Å². The lowest BCUT2D eigenvalue weighted by atomic mass is 10.2. The fourth-order valence-electron chi connectivity index (χ4n) is 1.95. The SMILES string of the molecule is CCC(NS(=O)(=O)c1ccc(F)cc1)C(=O)Nc1ccc(Cl)cc1. The number of amides is 1. The summed E-state index contributed by atoms with van der Waals surface area (Å²) in [5, 5.41) is 3.14. The second kappa shape index (κ2) is 7.74. The van der Waals surface area contributed by atoms with Crippen LogP contribution in [0.15, 0.2) is 53.4 Å². The number of hydrogen-bond acceptors (Lipinski definition) is 3. The van der Waals surface area contributed by atoms with E-state index in [4.69, 9.17) is 11.6 Å². The van der Waals surface area contributed by atoms with E-state index in [1.165, 1.54) is 0 Å². The maximum Gasteiger partial charge on any atom is 0.242 e. The Balaban J connectivity index is 2.11. The normalized spacial score (nSPS) is 12.6. The van der Waals surface area contributed by atoms with Gasteiger partial charge in [0.1, 0.15) is 11.9 Å². The Labute approximate surface area is 144 Å². The number of carbonyl (C=O) groups excluding carboxylic acids is 1. The van der Waals surface area contributed by atoms with Crippen LogP contribution in [0, 0.1) is 5.82 Å². The Morgan fingerprint density at radius 3 is 2.25 bits per heavy atom. The summed E-state index contributed by atoms with van der Waals surface area (Å²) in [6, 6.07) is 9.86. The van der Waals surface area contributed by atoms with Crippen LogP contribution in [0.5, 0.6) is 0 Å². The molecule has 2 N–H and O–H groups in total. The number of sulfonamides is 1. The average molecular weight is 371 g/mol. The molecule has 24 heavy (non-hydrogen) atoms. The van der Waals surface area contributed by atoms with Crippen LogP contribution in [0.2, 0.25) is 5.02 Å². The van der Waals surface area contributed by atoms with Crippen molar-refractivity contribution >= 4 is 33.2 Å². The topological polar surface area (TPSA) is 75.3 Å². The first kappa shape index (κ1) is 18.4. The quantitative estimate of drug-likeness (QED) is 0.820. The zero-order valence-corrected chi connectivity index (χ0v) is 14.4. The molecule has 5 nitrogen and oxygen atoms in total. The highest BCUT2D eigenvalue weighted by Crippen LogP contribution is 2.15. The smallest absolute Gasteiger partial charge is 0.242 e. The molecule has 0 spiro atoms. The van der Waals surface area contributed by atoms with E-state index in [1.807, 2.05) is 0 Å². The van der Waals surface area contributed by atoms with Gasteiger partial charge in [0.2, 0.25) is 15.9 Å². The zero-order valence-electron chi connectivity index (χ0n) is 12.8. The Morgan fingerprint density at radius 2 is 1.71 bits per heavy atom. The van der Waals surface area contributed by atoms with Gasteiger partial charge < -0.3 is 5.32 Å². The predicted octanol–water partition coefficient (Wildman–Crippen LogP) is 3.17. The van der Waals surface area contributed by atoms with Gasteiger partial charge in [-0.15, -0.1) is 0 Å². The van der Waals surface area contributed by atoms with Gasteiger partial charge in [0.25, 0.3) is 0 Å². The Kier molecular flexibility index (Phi) is 5.93. The summed E-state index contributed by atoms with van der Waals surface area (Å²) in [5.41, 5.74) is 0.504. The minimum atomic E-state index is -3.93. The van der Waals surface area contributed by atoms with Crippen molar-refractivity contribution in [2.75, 3.05) is 5.32 Å². The molecule has 0 aliphatic rings. The van der Waals surface area contributed by atoms with Gasteiger partial charge in [0.15, 0.2) is 0 Å². The van der Waals surface area contributed by atoms with E-state index in [2.05, 4.69) is 10.0 Å². The van der Waals surface area contributed by atoms with E-state index in [0.717, 1.165) is 24.3 Å². The highest BCUT2D eigenvalue weighted by Gasteiger charge is 2.24. The summed E-state index contributed by atoms with van der Waals surface area (Å²) in [6.07, 6.45) is 0.250. The molecular formula is C16H16ClFN2O3S. The lowest BCUT2D eigenvalue weighted by molar-refractivity contribution is -0.117. The van der Waals surface area contributed by atoms with Crippen molar-refractivity contribution in [3.63, 3.8) is 0 Å². The minimum absolute atomic E-state index is 0.110. The third-order valence-electron chi connectivity index (χ3n) is 3.26. The Hall–Kier alpha value is -1.96. The Morgan fingerprint density at radius 1 is 1.12 bits per heavy atom. The summed E-state index contributed by atoms with van der Waals surface area (Å²) in [4.78, 5) is 12.2. The first-order chi connectivity index (χ1) is 11.3. The molecule has 2 aromatic rings. The molecule has 0 bridgehead atoms. The van der Waals surface area contributed by atoms with Crippen molar-refractivity contribution < 1.29 is 17.6 Å². The summed E-state index contributed by atoms with van der Waals surface area (Å²) in [6.45, 7) is 1.68. The lowest BCUT2D eigenvalue weighted by Gasteiger charge is -2.17. The summed E-state index contributed by atoms with van der Waals surface area (Å²) >= 11 is 5.77. The number of halogens is 2. The van der Waals surface area contributed by atoms with Crippen LogP contribution in [0.25, 0.3) is 0 Å². The van der Waals surface area contributed by atoms with E-state index in [1.54, 1.807) is 31.2 Å². The number of carbonyl (C=O) groups is 1. The number of hydrogen-bond donors (Lipinski definition) is 2. The molecule has 0 radical (unpaired) electrons. The van der Waals surface area contributed by atoms with E-state index in [0.29, 0.717) is 10.7 Å². The molecule has 1 atom stereocenters. The molecule has 2 aromatic carbocycles. The molecule has 2 rings (SSSR count). The van der Waals surface area contributed by atoms with Gasteiger partial charge in [-0.2, -0.15) is 4.72 Å². The van der Waals surface area contributed by atoms with Crippen molar-refractivity contribution in [2.24, 2.45) is 0 Å². The van der Waals surface area contributed by atoms with Gasteiger partial charge in [-0.3, -0.25) is 4.79 Å². The van der Waals surface area contributed by atoms with E-state index in [9.17, 15) is 17.6 Å². The summed E-state index contributed by atoms with van der Waals surface area (Å²) in [7, 11) is -3.93.